The molecule has 3 heterocycles. The zero-order valence-electron chi connectivity index (χ0n) is 27.4. The normalized spacial score (nSPS) is 19.3. The first-order valence-electron chi connectivity index (χ1n) is 15.6. The van der Waals surface area contributed by atoms with E-state index in [1.807, 2.05) is 43.6 Å². The first-order valence-corrected chi connectivity index (χ1v) is 16.8. The van der Waals surface area contributed by atoms with Crippen LogP contribution >= 0.6 is 23.1 Å². The second-order valence-electron chi connectivity index (χ2n) is 13.6. The maximum Gasteiger partial charge on any atom is 0.411 e. The Bertz CT molecular complexity index is 1960. The van der Waals surface area contributed by atoms with E-state index in [0.717, 1.165) is 22.4 Å². The number of amides is 2. The van der Waals surface area contributed by atoms with Gasteiger partial charge in [0, 0.05) is 22.7 Å². The smallest absolute Gasteiger partial charge is 0.411 e. The Hall–Kier alpha value is -4.64. The number of alkyl halides is 5. The highest BCUT2D eigenvalue weighted by Gasteiger charge is 2.64. The number of aromatic nitrogens is 4. The van der Waals surface area contributed by atoms with Crippen LogP contribution in [0.25, 0.3) is 22.5 Å². The fraction of sp³-hybridized carbons (Fsp3) is 0.394. The van der Waals surface area contributed by atoms with Gasteiger partial charge >= 0.3 is 18.8 Å². The average molecular weight is 751 g/mol. The number of ether oxygens (including phenoxy) is 1. The third kappa shape index (κ3) is 7.00. The first kappa shape index (κ1) is 36.2. The molecule has 0 unspecified atom stereocenters. The maximum absolute atomic E-state index is 14.8. The van der Waals surface area contributed by atoms with Gasteiger partial charge in [0.25, 0.3) is 5.91 Å². The van der Waals surface area contributed by atoms with Gasteiger partial charge in [0.2, 0.25) is 0 Å². The summed E-state index contributed by atoms with van der Waals surface area (Å²) < 4.78 is 78.3. The highest BCUT2D eigenvalue weighted by Crippen LogP contribution is 2.49. The van der Waals surface area contributed by atoms with Crippen molar-refractivity contribution in [1.82, 2.24) is 29.4 Å². The van der Waals surface area contributed by atoms with E-state index in [2.05, 4.69) is 14.5 Å². The van der Waals surface area contributed by atoms with Crippen LogP contribution in [-0.2, 0) is 15.1 Å². The molecule has 51 heavy (non-hydrogen) atoms. The number of nitrogens with two attached hydrogens (primary N) is 1. The lowest BCUT2D eigenvalue weighted by atomic mass is 9.75. The van der Waals surface area contributed by atoms with E-state index in [1.165, 1.54) is 29.7 Å². The van der Waals surface area contributed by atoms with Crippen molar-refractivity contribution in [1.29, 1.82) is 0 Å². The molecule has 11 nitrogen and oxygen atoms in total. The second kappa shape index (κ2) is 13.2. The van der Waals surface area contributed by atoms with Crippen LogP contribution in [0.3, 0.4) is 0 Å². The predicted octanol–water partition coefficient (Wildman–Crippen LogP) is 7.47. The molecule has 0 spiro atoms. The van der Waals surface area contributed by atoms with E-state index in [0.29, 0.717) is 10.2 Å². The van der Waals surface area contributed by atoms with Gasteiger partial charge in [0.1, 0.15) is 18.5 Å². The van der Waals surface area contributed by atoms with Crippen LogP contribution < -0.4 is 11.1 Å². The van der Waals surface area contributed by atoms with Crippen molar-refractivity contribution in [3.05, 3.63) is 76.5 Å². The molecule has 6 rings (SSSR count). The minimum absolute atomic E-state index is 0.00274. The van der Waals surface area contributed by atoms with Gasteiger partial charge < -0.3 is 15.8 Å². The fourth-order valence-electron chi connectivity index (χ4n) is 6.18. The van der Waals surface area contributed by atoms with E-state index in [9.17, 15) is 31.5 Å². The van der Waals surface area contributed by atoms with Crippen LogP contribution in [0.1, 0.15) is 63.8 Å². The largest absolute Gasteiger partial charge is 0.447 e. The van der Waals surface area contributed by atoms with Gasteiger partial charge in [-0.05, 0) is 65.0 Å². The SMILES string of the molecule is CC(C)(C)C[C@]1(c2ccc(-c3cnsc3)cc2)N=C(N)N([C@H](COC(=O)NC2(C(F)(F)F)CC2)c2ccc(Cl)c(-c3ncnn3C(F)F)c2)C1=O. The minimum Gasteiger partial charge on any atom is -0.447 e. The van der Waals surface area contributed by atoms with Crippen LogP contribution in [-0.4, -0.2) is 60.3 Å². The zero-order valence-corrected chi connectivity index (χ0v) is 29.0. The van der Waals surface area contributed by atoms with Crippen LogP contribution in [0.15, 0.2) is 65.4 Å². The molecule has 2 atom stereocenters. The standard InChI is InChI=1S/C33H32ClF5N8O3S/c1-30(2,3)16-32(21-7-4-18(5-8-21)20-13-43-51-15-20)26(48)46(28(40)44-32)24(14-50-29(49)45-31(10-11-31)33(37,38)39)19-6-9-23(34)22(12-19)25-41-17-42-47(25)27(35)36/h4-9,12-13,15,17,24,27H,10-11,14,16H2,1-3H3,(H2,40,44)(H,45,49)/t24-,32-/m1/s1. The lowest BCUT2D eigenvalue weighted by molar-refractivity contribution is -0.164. The van der Waals surface area contributed by atoms with Gasteiger partial charge in [0.05, 0.1) is 11.1 Å². The number of alkyl carbamates (subject to hydrolysis) is 1. The van der Waals surface area contributed by atoms with Crippen molar-refractivity contribution in [2.45, 2.75) is 69.9 Å². The molecule has 2 aromatic heterocycles. The molecule has 1 saturated carbocycles. The van der Waals surface area contributed by atoms with Crippen molar-refractivity contribution in [2.75, 3.05) is 6.61 Å². The number of halogens is 6. The summed E-state index contributed by atoms with van der Waals surface area (Å²) in [6.45, 7) is 2.00. The number of aliphatic imine (C=N–C) groups is 1. The van der Waals surface area contributed by atoms with E-state index in [4.69, 9.17) is 27.1 Å². The number of guanidine groups is 1. The summed E-state index contributed by atoms with van der Waals surface area (Å²) in [5.74, 6) is -1.16. The molecule has 3 N–H and O–H groups in total. The van der Waals surface area contributed by atoms with Gasteiger partial charge in [-0.1, -0.05) is 62.7 Å². The van der Waals surface area contributed by atoms with E-state index >= 15 is 0 Å². The molecule has 2 aromatic carbocycles. The molecule has 270 valence electrons. The summed E-state index contributed by atoms with van der Waals surface area (Å²) in [6.07, 6.45) is -3.90. The Balaban J connectivity index is 1.41. The van der Waals surface area contributed by atoms with Crippen molar-refractivity contribution in [2.24, 2.45) is 16.1 Å². The number of hydrogen-bond donors (Lipinski definition) is 2. The van der Waals surface area contributed by atoms with Crippen molar-refractivity contribution in [3.8, 4) is 22.5 Å². The molecule has 18 heteroatoms. The predicted molar refractivity (Wildman–Crippen MR) is 179 cm³/mol. The van der Waals surface area contributed by atoms with E-state index in [1.54, 1.807) is 18.3 Å². The lowest BCUT2D eigenvalue weighted by Gasteiger charge is -2.35. The van der Waals surface area contributed by atoms with Crippen molar-refractivity contribution >= 4 is 41.1 Å². The second-order valence-corrected chi connectivity index (χ2v) is 14.7. The van der Waals surface area contributed by atoms with Gasteiger partial charge in [-0.2, -0.15) is 31.7 Å². The molecule has 1 fully saturated rings. The molecule has 0 bridgehead atoms. The molecule has 2 amide bonds. The lowest BCUT2D eigenvalue weighted by Crippen LogP contribution is -2.50. The van der Waals surface area contributed by atoms with Crippen LogP contribution in [0.5, 0.6) is 0 Å². The van der Waals surface area contributed by atoms with Crippen LogP contribution in [0.2, 0.25) is 5.02 Å². The summed E-state index contributed by atoms with van der Waals surface area (Å²) in [5.41, 5.74) is 4.51. The van der Waals surface area contributed by atoms with Crippen molar-refractivity contribution < 1.29 is 36.3 Å². The monoisotopic (exact) mass is 750 g/mol. The number of nitrogens with one attached hydrogen (secondary N) is 1. The molecule has 0 saturated heterocycles. The highest BCUT2D eigenvalue weighted by atomic mass is 35.5. The Labute approximate surface area is 297 Å². The minimum atomic E-state index is -4.71. The number of nitrogens with zero attached hydrogens (tertiary/aromatic N) is 6. The van der Waals surface area contributed by atoms with E-state index < -0.39 is 53.9 Å². The number of rotatable bonds is 10. The van der Waals surface area contributed by atoms with E-state index in [-0.39, 0.29) is 47.2 Å². The Morgan fingerprint density at radius 1 is 1.12 bits per heavy atom. The van der Waals surface area contributed by atoms with Crippen LogP contribution in [0, 0.1) is 5.41 Å². The number of carbonyl (C=O) groups excluding carboxylic acids is 2. The topological polar surface area (TPSA) is 141 Å². The molecule has 0 radical (unpaired) electrons. The summed E-state index contributed by atoms with van der Waals surface area (Å²) in [5, 5.41) is 7.34. The number of benzene rings is 2. The molecule has 1 aliphatic heterocycles. The Kier molecular flexibility index (Phi) is 9.33. The summed E-state index contributed by atoms with van der Waals surface area (Å²) in [6, 6.07) is 10.0. The maximum atomic E-state index is 14.8. The third-order valence-electron chi connectivity index (χ3n) is 8.73. The summed E-state index contributed by atoms with van der Waals surface area (Å²) >= 11 is 7.71. The quantitative estimate of drug-likeness (QED) is 0.160. The highest BCUT2D eigenvalue weighted by molar-refractivity contribution is 7.03. The Morgan fingerprint density at radius 3 is 2.41 bits per heavy atom. The molecule has 4 aromatic rings. The molecular weight excluding hydrogens is 719 g/mol. The molecule has 1 aliphatic carbocycles. The molecule has 2 aliphatic rings. The summed E-state index contributed by atoms with van der Waals surface area (Å²) in [7, 11) is 0. The van der Waals surface area contributed by atoms with Crippen molar-refractivity contribution in [3.63, 3.8) is 0 Å². The van der Waals surface area contributed by atoms with Gasteiger partial charge in [-0.3, -0.25) is 9.69 Å². The van der Waals surface area contributed by atoms with Gasteiger partial charge in [0.15, 0.2) is 17.3 Å². The Morgan fingerprint density at radius 2 is 1.82 bits per heavy atom. The van der Waals surface area contributed by atoms with Crippen LogP contribution in [0.4, 0.5) is 26.7 Å². The third-order valence-corrected chi connectivity index (χ3v) is 9.65. The summed E-state index contributed by atoms with van der Waals surface area (Å²) in [4.78, 5) is 37.4. The number of hydrogen-bond acceptors (Lipinski definition) is 9. The first-order chi connectivity index (χ1) is 23.9. The zero-order chi connectivity index (χ0) is 36.9. The molecular formula is C33H32ClF5N8O3S. The fourth-order valence-corrected chi connectivity index (χ4v) is 6.93. The number of carbonyl (C=O) groups is 2. The van der Waals surface area contributed by atoms with Gasteiger partial charge in [-0.25, -0.2) is 19.1 Å². The average Bonchev–Trinajstić information content (AvgIpc) is 3.38. The van der Waals surface area contributed by atoms with Gasteiger partial charge in [-0.15, -0.1) is 0 Å².